The summed E-state index contributed by atoms with van der Waals surface area (Å²) < 4.78 is 5.33. The Morgan fingerprint density at radius 1 is 1.13 bits per heavy atom. The summed E-state index contributed by atoms with van der Waals surface area (Å²) >= 11 is 0. The maximum Gasteiger partial charge on any atom is 0.271 e. The molecular formula is C23H25N5O3. The van der Waals surface area contributed by atoms with Crippen LogP contribution in [0, 0.1) is 5.92 Å². The molecule has 3 heterocycles. The minimum atomic E-state index is -0.109. The number of aromatic amines is 1. The fraction of sp³-hybridized carbons (Fsp3) is 0.304. The van der Waals surface area contributed by atoms with E-state index in [2.05, 4.69) is 20.5 Å². The quantitative estimate of drug-likeness (QED) is 0.640. The van der Waals surface area contributed by atoms with Crippen LogP contribution in [0.4, 0.5) is 0 Å². The molecule has 1 fully saturated rings. The SMILES string of the molecule is COc1ccccc1CNC(=O)C1CCN(C(=O)c2cc(-c3ccccn3)n[nH]2)CC1. The van der Waals surface area contributed by atoms with Gasteiger partial charge in [-0.05, 0) is 37.1 Å². The molecule has 2 aromatic heterocycles. The summed E-state index contributed by atoms with van der Waals surface area (Å²) in [4.78, 5) is 31.4. The molecule has 0 spiro atoms. The van der Waals surface area contributed by atoms with Crippen LogP contribution >= 0.6 is 0 Å². The number of para-hydroxylation sites is 1. The molecule has 160 valence electrons. The molecule has 0 atom stereocenters. The van der Waals surface area contributed by atoms with Crippen molar-refractivity contribution in [3.05, 3.63) is 66.0 Å². The number of hydrogen-bond acceptors (Lipinski definition) is 5. The minimum absolute atomic E-state index is 0.0111. The van der Waals surface area contributed by atoms with Gasteiger partial charge in [0.05, 0.1) is 12.8 Å². The zero-order valence-electron chi connectivity index (χ0n) is 17.4. The summed E-state index contributed by atoms with van der Waals surface area (Å²) in [5.41, 5.74) is 2.71. The van der Waals surface area contributed by atoms with Crippen molar-refractivity contribution in [2.75, 3.05) is 20.2 Å². The minimum Gasteiger partial charge on any atom is -0.496 e. The van der Waals surface area contributed by atoms with Gasteiger partial charge in [-0.2, -0.15) is 5.10 Å². The lowest BCUT2D eigenvalue weighted by molar-refractivity contribution is -0.126. The van der Waals surface area contributed by atoms with Crippen molar-refractivity contribution in [1.82, 2.24) is 25.4 Å². The van der Waals surface area contributed by atoms with Gasteiger partial charge in [-0.3, -0.25) is 19.7 Å². The number of nitrogens with zero attached hydrogens (tertiary/aromatic N) is 3. The van der Waals surface area contributed by atoms with E-state index in [9.17, 15) is 9.59 Å². The third kappa shape index (κ3) is 4.74. The van der Waals surface area contributed by atoms with Crippen LogP contribution < -0.4 is 10.1 Å². The van der Waals surface area contributed by atoms with Gasteiger partial charge in [-0.15, -0.1) is 0 Å². The predicted molar refractivity (Wildman–Crippen MR) is 115 cm³/mol. The van der Waals surface area contributed by atoms with Gasteiger partial charge in [0.1, 0.15) is 17.1 Å². The van der Waals surface area contributed by atoms with E-state index >= 15 is 0 Å². The predicted octanol–water partition coefficient (Wildman–Crippen LogP) is 2.65. The number of methoxy groups -OCH3 is 1. The van der Waals surface area contributed by atoms with E-state index < -0.39 is 0 Å². The number of carbonyl (C=O) groups is 2. The number of carbonyl (C=O) groups excluding carboxylic acids is 2. The zero-order valence-corrected chi connectivity index (χ0v) is 17.4. The van der Waals surface area contributed by atoms with Gasteiger partial charge in [-0.1, -0.05) is 24.3 Å². The number of aromatic nitrogens is 3. The molecule has 3 aromatic rings. The number of H-pyrrole nitrogens is 1. The fourth-order valence-electron chi connectivity index (χ4n) is 3.77. The number of likely N-dealkylation sites (tertiary alicyclic amines) is 1. The first kappa shape index (κ1) is 20.6. The smallest absolute Gasteiger partial charge is 0.271 e. The van der Waals surface area contributed by atoms with Crippen molar-refractivity contribution in [2.24, 2.45) is 5.92 Å². The number of amides is 2. The lowest BCUT2D eigenvalue weighted by Gasteiger charge is -2.31. The highest BCUT2D eigenvalue weighted by molar-refractivity contribution is 5.93. The molecule has 8 heteroatoms. The van der Waals surface area contributed by atoms with Crippen molar-refractivity contribution < 1.29 is 14.3 Å². The van der Waals surface area contributed by atoms with Gasteiger partial charge < -0.3 is 15.0 Å². The highest BCUT2D eigenvalue weighted by Crippen LogP contribution is 2.22. The maximum atomic E-state index is 12.8. The molecule has 1 saturated heterocycles. The number of pyridine rings is 1. The molecule has 2 N–H and O–H groups in total. The van der Waals surface area contributed by atoms with Gasteiger partial charge in [0.15, 0.2) is 0 Å². The number of rotatable bonds is 6. The van der Waals surface area contributed by atoms with E-state index in [1.807, 2.05) is 42.5 Å². The molecule has 1 aromatic carbocycles. The third-order valence-electron chi connectivity index (χ3n) is 5.53. The number of nitrogens with one attached hydrogen (secondary N) is 2. The first-order chi connectivity index (χ1) is 15.2. The lowest BCUT2D eigenvalue weighted by Crippen LogP contribution is -2.43. The molecule has 0 unspecified atom stereocenters. The topological polar surface area (TPSA) is 100 Å². The van der Waals surface area contributed by atoms with Crippen LogP contribution in [-0.2, 0) is 11.3 Å². The summed E-state index contributed by atoms with van der Waals surface area (Å²) in [5, 5.41) is 10.0. The highest BCUT2D eigenvalue weighted by atomic mass is 16.5. The Balaban J connectivity index is 1.30. The summed E-state index contributed by atoms with van der Waals surface area (Å²) in [6.07, 6.45) is 2.95. The summed E-state index contributed by atoms with van der Waals surface area (Å²) in [7, 11) is 1.62. The molecule has 8 nitrogen and oxygen atoms in total. The molecule has 31 heavy (non-hydrogen) atoms. The second-order valence-electron chi connectivity index (χ2n) is 7.48. The van der Waals surface area contributed by atoms with Gasteiger partial charge in [0.25, 0.3) is 5.91 Å². The molecule has 0 radical (unpaired) electrons. The normalized spacial score (nSPS) is 14.3. The summed E-state index contributed by atoms with van der Waals surface area (Å²) in [6, 6.07) is 14.9. The molecule has 1 aliphatic heterocycles. The Morgan fingerprint density at radius 2 is 1.90 bits per heavy atom. The summed E-state index contributed by atoms with van der Waals surface area (Å²) in [6.45, 7) is 1.49. The Morgan fingerprint density at radius 3 is 2.65 bits per heavy atom. The lowest BCUT2D eigenvalue weighted by atomic mass is 9.95. The van der Waals surface area contributed by atoms with E-state index in [1.165, 1.54) is 0 Å². The first-order valence-corrected chi connectivity index (χ1v) is 10.3. The van der Waals surface area contributed by atoms with Gasteiger partial charge in [-0.25, -0.2) is 0 Å². The van der Waals surface area contributed by atoms with Gasteiger partial charge in [0.2, 0.25) is 5.91 Å². The van der Waals surface area contributed by atoms with E-state index in [1.54, 1.807) is 24.3 Å². The van der Waals surface area contributed by atoms with Gasteiger partial charge >= 0.3 is 0 Å². The van der Waals surface area contributed by atoms with Crippen LogP contribution in [0.2, 0.25) is 0 Å². The number of ether oxygens (including phenoxy) is 1. The fourth-order valence-corrected chi connectivity index (χ4v) is 3.77. The third-order valence-corrected chi connectivity index (χ3v) is 5.53. The Bertz CT molecular complexity index is 1040. The number of piperidine rings is 1. The monoisotopic (exact) mass is 419 g/mol. The van der Waals surface area contributed by atoms with E-state index in [-0.39, 0.29) is 17.7 Å². The van der Waals surface area contributed by atoms with E-state index in [0.717, 1.165) is 11.3 Å². The van der Waals surface area contributed by atoms with Crippen LogP contribution in [0.3, 0.4) is 0 Å². The average Bonchev–Trinajstić information content (AvgIpc) is 3.33. The van der Waals surface area contributed by atoms with Crippen LogP contribution in [0.15, 0.2) is 54.7 Å². The molecule has 0 bridgehead atoms. The summed E-state index contributed by atoms with van der Waals surface area (Å²) in [5.74, 6) is 0.553. The van der Waals surface area contributed by atoms with Crippen molar-refractivity contribution in [3.63, 3.8) is 0 Å². The largest absolute Gasteiger partial charge is 0.496 e. The van der Waals surface area contributed by atoms with Crippen LogP contribution in [0.1, 0.15) is 28.9 Å². The van der Waals surface area contributed by atoms with Crippen molar-refractivity contribution in [3.8, 4) is 17.1 Å². The van der Waals surface area contributed by atoms with Crippen molar-refractivity contribution >= 4 is 11.8 Å². The Kier molecular flexibility index (Phi) is 6.26. The molecule has 0 aliphatic carbocycles. The van der Waals surface area contributed by atoms with Crippen molar-refractivity contribution in [1.29, 1.82) is 0 Å². The average molecular weight is 419 g/mol. The maximum absolute atomic E-state index is 12.8. The molecule has 1 aliphatic rings. The Labute approximate surface area is 180 Å². The second-order valence-corrected chi connectivity index (χ2v) is 7.48. The van der Waals surface area contributed by atoms with Crippen molar-refractivity contribution in [2.45, 2.75) is 19.4 Å². The van der Waals surface area contributed by atoms with Crippen LogP contribution in [0.25, 0.3) is 11.4 Å². The molecule has 4 rings (SSSR count). The molecule has 0 saturated carbocycles. The molecular weight excluding hydrogens is 394 g/mol. The highest BCUT2D eigenvalue weighted by Gasteiger charge is 2.28. The zero-order chi connectivity index (χ0) is 21.6. The number of benzene rings is 1. The standard InChI is InChI=1S/C23H25N5O3/c1-31-21-8-3-2-6-17(21)15-25-22(29)16-9-12-28(13-10-16)23(30)20-14-19(26-27-20)18-7-4-5-11-24-18/h2-8,11,14,16H,9-10,12-13,15H2,1H3,(H,25,29)(H,26,27). The van der Waals surface area contributed by atoms with E-state index in [0.29, 0.717) is 49.6 Å². The van der Waals surface area contributed by atoms with E-state index in [4.69, 9.17) is 4.74 Å². The van der Waals surface area contributed by atoms with Crippen LogP contribution in [0.5, 0.6) is 5.75 Å². The van der Waals surface area contributed by atoms with Gasteiger partial charge in [0, 0.05) is 37.3 Å². The number of hydrogen-bond donors (Lipinski definition) is 2. The second kappa shape index (κ2) is 9.42. The van der Waals surface area contributed by atoms with Crippen LogP contribution in [-0.4, -0.2) is 52.1 Å². The molecule has 2 amide bonds. The Hall–Kier alpha value is -3.68. The first-order valence-electron chi connectivity index (χ1n) is 10.3.